The van der Waals surface area contributed by atoms with E-state index in [-0.39, 0.29) is 55.2 Å². The average Bonchev–Trinajstić information content (AvgIpc) is 3.16. The number of carbonyl (C=O) groups excluding carboxylic acids is 1. The molecule has 2 N–H and O–H groups in total. The van der Waals surface area contributed by atoms with Crippen LogP contribution in [0.2, 0.25) is 0 Å². The molecule has 0 aliphatic carbocycles. The van der Waals surface area contributed by atoms with Crippen LogP contribution >= 0.6 is 37.2 Å². The minimum Gasteiger partial charge on any atom is -0.369 e. The molecule has 32 heavy (non-hydrogen) atoms. The molecule has 2 aromatic rings. The van der Waals surface area contributed by atoms with Crippen LogP contribution in [-0.4, -0.2) is 78.0 Å². The number of carbonyl (C=O) groups is 1. The second-order valence-corrected chi connectivity index (χ2v) is 8.73. The Kier molecular flexibility index (Phi) is 12.4. The molecule has 2 fully saturated rings. The molecule has 3 heterocycles. The molecule has 2 atom stereocenters. The number of piperidine rings is 1. The van der Waals surface area contributed by atoms with E-state index in [4.69, 9.17) is 5.73 Å². The first-order valence-electron chi connectivity index (χ1n) is 11.1. The molecule has 0 bridgehead atoms. The molecule has 9 heteroatoms. The van der Waals surface area contributed by atoms with Gasteiger partial charge in [0.15, 0.2) is 0 Å². The van der Waals surface area contributed by atoms with Crippen LogP contribution in [0.4, 0.5) is 0 Å². The zero-order chi connectivity index (χ0) is 20.2. The van der Waals surface area contributed by atoms with E-state index in [0.29, 0.717) is 0 Å². The molecule has 182 valence electrons. The largest absolute Gasteiger partial charge is 0.369 e. The fourth-order valence-electron chi connectivity index (χ4n) is 5.01. The van der Waals surface area contributed by atoms with Crippen molar-refractivity contribution in [3.63, 3.8) is 0 Å². The highest BCUT2D eigenvalue weighted by Crippen LogP contribution is 2.34. The highest BCUT2D eigenvalue weighted by Gasteiger charge is 2.36. The Balaban J connectivity index is 0.00000171. The molecule has 0 spiro atoms. The maximum atomic E-state index is 12.3. The molecule has 6 nitrogen and oxygen atoms in total. The molecule has 2 aliphatic heterocycles. The second kappa shape index (κ2) is 13.6. The van der Waals surface area contributed by atoms with Crippen molar-refractivity contribution in [2.24, 2.45) is 11.7 Å². The lowest BCUT2D eigenvalue weighted by atomic mass is 9.92. The Hall–Kier alpha value is -1.02. The first-order chi connectivity index (χ1) is 14.1. The van der Waals surface area contributed by atoms with E-state index in [1.165, 1.54) is 50.0 Å². The van der Waals surface area contributed by atoms with E-state index in [9.17, 15) is 4.79 Å². The van der Waals surface area contributed by atoms with Gasteiger partial charge in [-0.1, -0.05) is 18.2 Å². The highest BCUT2D eigenvalue weighted by molar-refractivity contribution is 5.86. The number of hydrogen-bond acceptors (Lipinski definition) is 4. The number of para-hydroxylation sites is 1. The standard InChI is InChI=1S/C23H35N5O.3ClH/c1-25-15-17-26(18-16-25)11-4-5-12-27-13-6-8-20(22(24)29)23(27)28-14-10-19-7-2-3-9-21(19)28;;;/h2-3,7,9-10,14,20,23H,4-6,8,11-13,15-18H2,1H3,(H2,24,29);3*1H. The summed E-state index contributed by atoms with van der Waals surface area (Å²) < 4.78 is 2.28. The van der Waals surface area contributed by atoms with Gasteiger partial charge in [0.1, 0.15) is 0 Å². The number of likely N-dealkylation sites (N-methyl/N-ethyl adjacent to an activating group) is 1. The Morgan fingerprint density at radius 2 is 1.66 bits per heavy atom. The van der Waals surface area contributed by atoms with Gasteiger partial charge in [-0.05, 0) is 56.8 Å². The lowest BCUT2D eigenvalue weighted by Crippen LogP contribution is -2.47. The third-order valence-corrected chi connectivity index (χ3v) is 6.74. The molecule has 2 saturated heterocycles. The number of amides is 1. The second-order valence-electron chi connectivity index (χ2n) is 8.73. The molecule has 0 radical (unpaired) electrons. The molecule has 0 saturated carbocycles. The van der Waals surface area contributed by atoms with Crippen molar-refractivity contribution in [2.75, 3.05) is 52.9 Å². The molecule has 4 rings (SSSR count). The van der Waals surface area contributed by atoms with E-state index in [1.54, 1.807) is 0 Å². The minimum absolute atomic E-state index is 0. The van der Waals surface area contributed by atoms with Gasteiger partial charge >= 0.3 is 0 Å². The van der Waals surface area contributed by atoms with Crippen molar-refractivity contribution in [1.29, 1.82) is 0 Å². The number of likely N-dealkylation sites (tertiary alicyclic amines) is 1. The number of unbranched alkanes of at least 4 members (excludes halogenated alkanes) is 1. The van der Waals surface area contributed by atoms with Crippen LogP contribution in [0.3, 0.4) is 0 Å². The van der Waals surface area contributed by atoms with E-state index >= 15 is 0 Å². The van der Waals surface area contributed by atoms with E-state index in [2.05, 4.69) is 62.8 Å². The SMILES string of the molecule is CN1CCN(CCCCN2CCCC(C(N)=O)C2n2ccc3ccccc32)CC1.Cl.Cl.Cl. The quantitative estimate of drug-likeness (QED) is 0.583. The summed E-state index contributed by atoms with van der Waals surface area (Å²) in [6.07, 6.45) is 6.46. The van der Waals surface area contributed by atoms with Crippen LogP contribution in [-0.2, 0) is 4.79 Å². The predicted octanol–water partition coefficient (Wildman–Crippen LogP) is 3.63. The number of nitrogens with two attached hydrogens (primary N) is 1. The highest BCUT2D eigenvalue weighted by atomic mass is 35.5. The summed E-state index contributed by atoms with van der Waals surface area (Å²) in [4.78, 5) is 19.8. The summed E-state index contributed by atoms with van der Waals surface area (Å²) in [6, 6.07) is 10.6. The lowest BCUT2D eigenvalue weighted by molar-refractivity contribution is -0.127. The fourth-order valence-corrected chi connectivity index (χ4v) is 5.01. The summed E-state index contributed by atoms with van der Waals surface area (Å²) in [5.41, 5.74) is 7.03. The Labute approximate surface area is 210 Å². The smallest absolute Gasteiger partial charge is 0.224 e. The lowest BCUT2D eigenvalue weighted by Gasteiger charge is -2.41. The van der Waals surface area contributed by atoms with Crippen molar-refractivity contribution in [3.8, 4) is 0 Å². The van der Waals surface area contributed by atoms with Gasteiger partial charge in [0.05, 0.1) is 12.1 Å². The van der Waals surface area contributed by atoms with Gasteiger partial charge in [0.2, 0.25) is 5.91 Å². The van der Waals surface area contributed by atoms with Gasteiger partial charge in [-0.25, -0.2) is 0 Å². The Morgan fingerprint density at radius 1 is 0.969 bits per heavy atom. The number of nitrogens with zero attached hydrogens (tertiary/aromatic N) is 4. The first-order valence-corrected chi connectivity index (χ1v) is 11.1. The zero-order valence-electron chi connectivity index (χ0n) is 18.9. The van der Waals surface area contributed by atoms with Crippen LogP contribution < -0.4 is 5.73 Å². The molecule has 2 unspecified atom stereocenters. The summed E-state index contributed by atoms with van der Waals surface area (Å²) in [7, 11) is 2.20. The molecule has 1 aromatic carbocycles. The number of fused-ring (bicyclic) bond motifs is 1. The fraction of sp³-hybridized carbons (Fsp3) is 0.609. The van der Waals surface area contributed by atoms with E-state index < -0.39 is 0 Å². The number of hydrogen-bond donors (Lipinski definition) is 1. The average molecular weight is 507 g/mol. The number of piperazine rings is 1. The van der Waals surface area contributed by atoms with Gasteiger partial charge in [-0.2, -0.15) is 0 Å². The first kappa shape index (κ1) is 29.0. The number of primary amides is 1. The van der Waals surface area contributed by atoms with Crippen LogP contribution in [0.15, 0.2) is 36.5 Å². The van der Waals surface area contributed by atoms with Gasteiger partial charge in [0.25, 0.3) is 0 Å². The molecular weight excluding hydrogens is 469 g/mol. The van der Waals surface area contributed by atoms with Crippen LogP contribution in [0.5, 0.6) is 0 Å². The van der Waals surface area contributed by atoms with Crippen molar-refractivity contribution < 1.29 is 4.79 Å². The number of halogens is 3. The van der Waals surface area contributed by atoms with Gasteiger partial charge < -0.3 is 20.1 Å². The normalized spacial score (nSPS) is 22.5. The van der Waals surface area contributed by atoms with Gasteiger partial charge in [-0.3, -0.25) is 9.69 Å². The topological polar surface area (TPSA) is 57.7 Å². The van der Waals surface area contributed by atoms with Gasteiger partial charge in [-0.15, -0.1) is 37.2 Å². The monoisotopic (exact) mass is 505 g/mol. The third-order valence-electron chi connectivity index (χ3n) is 6.74. The van der Waals surface area contributed by atoms with Crippen molar-refractivity contribution in [3.05, 3.63) is 36.5 Å². The van der Waals surface area contributed by atoms with Crippen LogP contribution in [0.1, 0.15) is 31.8 Å². The summed E-state index contributed by atoms with van der Waals surface area (Å²) >= 11 is 0. The molecule has 2 aliphatic rings. The van der Waals surface area contributed by atoms with E-state index in [0.717, 1.165) is 32.4 Å². The maximum Gasteiger partial charge on any atom is 0.224 e. The minimum atomic E-state index is -0.171. The van der Waals surface area contributed by atoms with Gasteiger partial charge in [0, 0.05) is 51.0 Å². The summed E-state index contributed by atoms with van der Waals surface area (Å²) in [5.74, 6) is -0.299. The van der Waals surface area contributed by atoms with Crippen molar-refractivity contribution >= 4 is 54.0 Å². The molecular formula is C23H38Cl3N5O. The van der Waals surface area contributed by atoms with Crippen LogP contribution in [0.25, 0.3) is 10.9 Å². The Bertz CT molecular complexity index is 825. The molecule has 1 amide bonds. The molecule has 1 aromatic heterocycles. The summed E-state index contributed by atoms with van der Waals surface area (Å²) in [6.45, 7) is 7.95. The van der Waals surface area contributed by atoms with Crippen molar-refractivity contribution in [2.45, 2.75) is 31.8 Å². The maximum absolute atomic E-state index is 12.3. The summed E-state index contributed by atoms with van der Waals surface area (Å²) in [5, 5.41) is 1.22. The van der Waals surface area contributed by atoms with Crippen LogP contribution in [0, 0.1) is 5.92 Å². The Morgan fingerprint density at radius 3 is 2.38 bits per heavy atom. The predicted molar refractivity (Wildman–Crippen MR) is 139 cm³/mol. The van der Waals surface area contributed by atoms with Crippen molar-refractivity contribution in [1.82, 2.24) is 19.3 Å². The third kappa shape index (κ3) is 6.75. The number of aromatic nitrogens is 1. The van der Waals surface area contributed by atoms with E-state index in [1.807, 2.05) is 0 Å². The number of rotatable bonds is 7. The zero-order valence-corrected chi connectivity index (χ0v) is 21.3. The number of benzene rings is 1.